The molecule has 0 radical (unpaired) electrons. The van der Waals surface area contributed by atoms with Crippen molar-refractivity contribution in [3.8, 4) is 0 Å². The van der Waals surface area contributed by atoms with Crippen LogP contribution in [0.4, 0.5) is 0 Å². The molecule has 1 heterocycles. The van der Waals surface area contributed by atoms with Crippen LogP contribution in [0.5, 0.6) is 0 Å². The number of fused-ring (bicyclic) bond motifs is 1. The lowest BCUT2D eigenvalue weighted by molar-refractivity contribution is -0.115. The van der Waals surface area contributed by atoms with Gasteiger partial charge in [-0.3, -0.25) is 9.79 Å². The average Bonchev–Trinajstić information content (AvgIpc) is 2.52. The predicted molar refractivity (Wildman–Crippen MR) is 45.4 cm³/mol. The van der Waals surface area contributed by atoms with E-state index in [9.17, 15) is 4.79 Å². The molecule has 1 aliphatic carbocycles. The van der Waals surface area contributed by atoms with Crippen molar-refractivity contribution in [1.82, 2.24) is 0 Å². The maximum absolute atomic E-state index is 11.3. The van der Waals surface area contributed by atoms with E-state index in [0.29, 0.717) is 17.9 Å². The summed E-state index contributed by atoms with van der Waals surface area (Å²) >= 11 is 0. The van der Waals surface area contributed by atoms with Crippen LogP contribution >= 0.6 is 0 Å². The van der Waals surface area contributed by atoms with Gasteiger partial charge in [0, 0.05) is 18.9 Å². The van der Waals surface area contributed by atoms with Crippen LogP contribution in [-0.4, -0.2) is 23.1 Å². The molecule has 64 valence electrons. The molecule has 0 bridgehead atoms. The van der Waals surface area contributed by atoms with Gasteiger partial charge >= 0.3 is 0 Å². The molecule has 0 aromatic rings. The van der Waals surface area contributed by atoms with Gasteiger partial charge in [0.2, 0.25) is 0 Å². The number of hydrogen-bond donors (Lipinski definition) is 1. The highest BCUT2D eigenvalue weighted by Crippen LogP contribution is 2.29. The lowest BCUT2D eigenvalue weighted by Crippen LogP contribution is -2.25. The summed E-state index contributed by atoms with van der Waals surface area (Å²) in [6.07, 6.45) is 3.43. The smallest absolute Gasteiger partial charge is 0.167 e. The van der Waals surface area contributed by atoms with Gasteiger partial charge in [0.05, 0.1) is 17.5 Å². The number of aliphatic imine (C=N–C) groups is 1. The van der Waals surface area contributed by atoms with Gasteiger partial charge in [-0.15, -0.1) is 0 Å². The van der Waals surface area contributed by atoms with Crippen molar-refractivity contribution in [3.63, 3.8) is 0 Å². The third-order valence-electron chi connectivity index (χ3n) is 2.57. The summed E-state index contributed by atoms with van der Waals surface area (Å²) < 4.78 is 0. The molecular weight excluding hydrogens is 154 g/mol. The topological polar surface area (TPSA) is 49.7 Å². The Labute approximate surface area is 70.8 Å². The molecular formula is C9H11NO2. The molecule has 0 saturated heterocycles. The quantitative estimate of drug-likeness (QED) is 0.434. The Hall–Kier alpha value is -1.12. The van der Waals surface area contributed by atoms with Gasteiger partial charge in [0.1, 0.15) is 0 Å². The summed E-state index contributed by atoms with van der Waals surface area (Å²) in [5.41, 5.74) is 1.29. The second kappa shape index (κ2) is 2.73. The first kappa shape index (κ1) is 7.53. The third kappa shape index (κ3) is 0.967. The van der Waals surface area contributed by atoms with Gasteiger partial charge in [-0.1, -0.05) is 0 Å². The third-order valence-corrected chi connectivity index (χ3v) is 2.57. The second-order valence-corrected chi connectivity index (χ2v) is 3.26. The standard InChI is InChI=1S/C9H11NO2/c11-5-7-8(12)2-1-6-3-4-10-9(6)7/h5-6,11H,1-4H2. The van der Waals surface area contributed by atoms with Crippen molar-refractivity contribution >= 4 is 11.5 Å². The van der Waals surface area contributed by atoms with Crippen LogP contribution < -0.4 is 0 Å². The molecule has 1 saturated carbocycles. The van der Waals surface area contributed by atoms with Crippen LogP contribution in [0.15, 0.2) is 16.8 Å². The number of carbonyl (C=O) groups is 1. The van der Waals surface area contributed by atoms with Gasteiger partial charge in [0.25, 0.3) is 0 Å². The fourth-order valence-corrected chi connectivity index (χ4v) is 1.91. The molecule has 3 nitrogen and oxygen atoms in total. The average molecular weight is 165 g/mol. The monoisotopic (exact) mass is 165 g/mol. The van der Waals surface area contributed by atoms with Crippen molar-refractivity contribution < 1.29 is 9.90 Å². The van der Waals surface area contributed by atoms with Crippen molar-refractivity contribution in [2.24, 2.45) is 10.9 Å². The predicted octanol–water partition coefficient (Wildman–Crippen LogP) is 1.25. The zero-order valence-corrected chi connectivity index (χ0v) is 6.79. The van der Waals surface area contributed by atoms with Crippen LogP contribution in [0.2, 0.25) is 0 Å². The molecule has 1 aliphatic heterocycles. The number of ketones is 1. The number of Topliss-reactive ketones (excluding diaryl/α,β-unsaturated/α-hetero) is 1. The summed E-state index contributed by atoms with van der Waals surface area (Å²) in [7, 11) is 0. The second-order valence-electron chi connectivity index (χ2n) is 3.26. The zero-order valence-electron chi connectivity index (χ0n) is 6.79. The summed E-state index contributed by atoms with van der Waals surface area (Å²) in [6.45, 7) is 0.810. The van der Waals surface area contributed by atoms with Crippen LogP contribution in [0.25, 0.3) is 0 Å². The number of nitrogens with zero attached hydrogens (tertiary/aromatic N) is 1. The number of aliphatic hydroxyl groups excluding tert-OH is 1. The Bertz CT molecular complexity index is 278. The van der Waals surface area contributed by atoms with E-state index in [2.05, 4.69) is 4.99 Å². The Morgan fingerprint density at radius 3 is 3.08 bits per heavy atom. The van der Waals surface area contributed by atoms with E-state index >= 15 is 0 Å². The Morgan fingerprint density at radius 1 is 1.50 bits per heavy atom. The van der Waals surface area contributed by atoms with Crippen LogP contribution in [0.3, 0.4) is 0 Å². The first-order chi connectivity index (χ1) is 5.83. The van der Waals surface area contributed by atoms with Crippen LogP contribution in [-0.2, 0) is 4.79 Å². The fourth-order valence-electron chi connectivity index (χ4n) is 1.91. The zero-order chi connectivity index (χ0) is 8.55. The van der Waals surface area contributed by atoms with E-state index in [-0.39, 0.29) is 5.78 Å². The van der Waals surface area contributed by atoms with E-state index in [1.54, 1.807) is 0 Å². The highest BCUT2D eigenvalue weighted by molar-refractivity contribution is 6.24. The number of carbonyl (C=O) groups excluding carboxylic acids is 1. The SMILES string of the molecule is O=C1CCC2CCN=C2C1=CO. The van der Waals surface area contributed by atoms with Crippen LogP contribution in [0, 0.1) is 5.92 Å². The van der Waals surface area contributed by atoms with E-state index < -0.39 is 0 Å². The molecule has 1 atom stereocenters. The molecule has 1 fully saturated rings. The first-order valence-electron chi connectivity index (χ1n) is 4.25. The highest BCUT2D eigenvalue weighted by Gasteiger charge is 2.32. The molecule has 1 N–H and O–H groups in total. The van der Waals surface area contributed by atoms with Crippen LogP contribution in [0.1, 0.15) is 19.3 Å². The minimum absolute atomic E-state index is 0.0365. The first-order valence-corrected chi connectivity index (χ1v) is 4.25. The molecule has 0 aromatic heterocycles. The number of rotatable bonds is 0. The summed E-state index contributed by atoms with van der Waals surface area (Å²) in [6, 6.07) is 0. The Kier molecular flexibility index (Phi) is 1.71. The minimum atomic E-state index is 0.0365. The highest BCUT2D eigenvalue weighted by atomic mass is 16.2. The van der Waals surface area contributed by atoms with Gasteiger partial charge < -0.3 is 5.11 Å². The number of allylic oxidation sites excluding steroid dienone is 1. The molecule has 2 aliphatic rings. The molecule has 1 unspecified atom stereocenters. The lowest BCUT2D eigenvalue weighted by Gasteiger charge is -2.19. The summed E-state index contributed by atoms with van der Waals surface area (Å²) in [4.78, 5) is 15.5. The largest absolute Gasteiger partial charge is 0.515 e. The maximum atomic E-state index is 11.3. The molecule has 0 amide bonds. The van der Waals surface area contributed by atoms with E-state index in [4.69, 9.17) is 5.11 Å². The van der Waals surface area contributed by atoms with Crippen molar-refractivity contribution in [2.45, 2.75) is 19.3 Å². The van der Waals surface area contributed by atoms with Gasteiger partial charge in [-0.05, 0) is 12.8 Å². The van der Waals surface area contributed by atoms with Gasteiger partial charge in [-0.25, -0.2) is 0 Å². The molecule has 0 aromatic carbocycles. The van der Waals surface area contributed by atoms with Gasteiger partial charge in [-0.2, -0.15) is 0 Å². The minimum Gasteiger partial charge on any atom is -0.515 e. The van der Waals surface area contributed by atoms with E-state index in [0.717, 1.165) is 31.4 Å². The normalized spacial score (nSPS) is 32.0. The Morgan fingerprint density at radius 2 is 2.33 bits per heavy atom. The van der Waals surface area contributed by atoms with Gasteiger partial charge in [0.15, 0.2) is 5.78 Å². The summed E-state index contributed by atoms with van der Waals surface area (Å²) in [5.74, 6) is 0.468. The molecule has 0 spiro atoms. The maximum Gasteiger partial charge on any atom is 0.167 e. The summed E-state index contributed by atoms with van der Waals surface area (Å²) in [5, 5.41) is 8.84. The van der Waals surface area contributed by atoms with E-state index in [1.165, 1.54) is 0 Å². The lowest BCUT2D eigenvalue weighted by atomic mass is 9.83. The molecule has 12 heavy (non-hydrogen) atoms. The Balaban J connectivity index is 2.34. The van der Waals surface area contributed by atoms with Crippen molar-refractivity contribution in [2.75, 3.05) is 6.54 Å². The molecule has 2 rings (SSSR count). The number of hydrogen-bond acceptors (Lipinski definition) is 3. The van der Waals surface area contributed by atoms with Crippen molar-refractivity contribution in [1.29, 1.82) is 0 Å². The fraction of sp³-hybridized carbons (Fsp3) is 0.556. The van der Waals surface area contributed by atoms with Crippen molar-refractivity contribution in [3.05, 3.63) is 11.8 Å². The number of aliphatic hydroxyl groups is 1. The molecule has 3 heteroatoms. The van der Waals surface area contributed by atoms with E-state index in [1.807, 2.05) is 0 Å².